The van der Waals surface area contributed by atoms with Crippen molar-refractivity contribution < 1.29 is 13.2 Å². The lowest BCUT2D eigenvalue weighted by Crippen LogP contribution is -2.33. The van der Waals surface area contributed by atoms with Gasteiger partial charge in [-0.15, -0.1) is 0 Å². The summed E-state index contributed by atoms with van der Waals surface area (Å²) in [7, 11) is -0.468. The molecule has 2 rings (SSSR count). The van der Waals surface area contributed by atoms with E-state index in [-0.39, 0.29) is 16.8 Å². The molecule has 0 radical (unpaired) electrons. The summed E-state index contributed by atoms with van der Waals surface area (Å²) in [6.07, 6.45) is 2.05. The highest BCUT2D eigenvalue weighted by atomic mass is 32.2. The van der Waals surface area contributed by atoms with Crippen LogP contribution in [0.15, 0.2) is 29.2 Å². The van der Waals surface area contributed by atoms with Crippen LogP contribution in [0.2, 0.25) is 0 Å². The maximum Gasteiger partial charge on any atom is 0.254 e. The van der Waals surface area contributed by atoms with Gasteiger partial charge < -0.3 is 4.90 Å². The molecule has 1 aliphatic heterocycles. The number of amides is 1. The quantitative estimate of drug-likeness (QED) is 0.850. The number of nitrogens with zero attached hydrogens (tertiary/aromatic N) is 2. The number of likely N-dealkylation sites (tertiary alicyclic amines) is 1. The van der Waals surface area contributed by atoms with Crippen molar-refractivity contribution in [2.75, 3.05) is 20.6 Å². The second-order valence-electron chi connectivity index (χ2n) is 5.30. The molecule has 0 saturated carbocycles. The molecule has 1 aromatic carbocycles. The standard InChI is InChI=1S/C14H20N2O3S/c1-11-5-4-10-16(11)14(17)12-6-8-13(9-7-12)20(18,19)15(2)3/h6-9,11H,4-5,10H2,1-3H3. The van der Waals surface area contributed by atoms with Gasteiger partial charge in [0.05, 0.1) is 4.90 Å². The van der Waals surface area contributed by atoms with Gasteiger partial charge in [-0.2, -0.15) is 0 Å². The minimum absolute atomic E-state index is 0.0243. The van der Waals surface area contributed by atoms with Crippen molar-refractivity contribution in [3.05, 3.63) is 29.8 Å². The van der Waals surface area contributed by atoms with Crippen LogP contribution in [-0.2, 0) is 10.0 Å². The molecule has 5 nitrogen and oxygen atoms in total. The Labute approximate surface area is 120 Å². The van der Waals surface area contributed by atoms with E-state index in [0.29, 0.717) is 5.56 Å². The smallest absolute Gasteiger partial charge is 0.254 e. The number of carbonyl (C=O) groups excluding carboxylic acids is 1. The second-order valence-corrected chi connectivity index (χ2v) is 7.45. The Morgan fingerprint density at radius 1 is 1.25 bits per heavy atom. The van der Waals surface area contributed by atoms with Gasteiger partial charge in [0.2, 0.25) is 10.0 Å². The molecule has 1 atom stereocenters. The summed E-state index contributed by atoms with van der Waals surface area (Å²) in [5, 5.41) is 0. The number of hydrogen-bond acceptors (Lipinski definition) is 3. The monoisotopic (exact) mass is 296 g/mol. The third-order valence-electron chi connectivity index (χ3n) is 3.69. The SMILES string of the molecule is CC1CCCN1C(=O)c1ccc(S(=O)(=O)N(C)C)cc1. The fourth-order valence-electron chi connectivity index (χ4n) is 2.38. The zero-order valence-corrected chi connectivity index (χ0v) is 12.9. The zero-order valence-electron chi connectivity index (χ0n) is 12.0. The molecule has 1 aliphatic rings. The highest BCUT2D eigenvalue weighted by Crippen LogP contribution is 2.21. The van der Waals surface area contributed by atoms with Crippen LogP contribution in [0.4, 0.5) is 0 Å². The molecule has 1 amide bonds. The van der Waals surface area contributed by atoms with E-state index in [2.05, 4.69) is 0 Å². The van der Waals surface area contributed by atoms with Crippen molar-refractivity contribution in [3.63, 3.8) is 0 Å². The Bertz CT molecular complexity index is 593. The molecule has 110 valence electrons. The predicted octanol–water partition coefficient (Wildman–Crippen LogP) is 1.56. The molecule has 6 heteroatoms. The Kier molecular flexibility index (Phi) is 4.15. The lowest BCUT2D eigenvalue weighted by Gasteiger charge is -2.21. The number of carbonyl (C=O) groups is 1. The molecule has 0 aromatic heterocycles. The number of sulfonamides is 1. The molecule has 1 unspecified atom stereocenters. The maximum atomic E-state index is 12.3. The van der Waals surface area contributed by atoms with Gasteiger partial charge in [0.15, 0.2) is 0 Å². The van der Waals surface area contributed by atoms with Gasteiger partial charge in [0, 0.05) is 32.2 Å². The van der Waals surface area contributed by atoms with Crippen LogP contribution in [0.5, 0.6) is 0 Å². The third kappa shape index (κ3) is 2.71. The van der Waals surface area contributed by atoms with E-state index in [1.54, 1.807) is 12.1 Å². The average Bonchev–Trinajstić information content (AvgIpc) is 2.84. The molecule has 0 spiro atoms. The molecule has 0 aliphatic carbocycles. The largest absolute Gasteiger partial charge is 0.336 e. The van der Waals surface area contributed by atoms with Crippen LogP contribution in [-0.4, -0.2) is 50.2 Å². The van der Waals surface area contributed by atoms with E-state index in [0.717, 1.165) is 23.7 Å². The third-order valence-corrected chi connectivity index (χ3v) is 5.52. The number of hydrogen-bond donors (Lipinski definition) is 0. The molecular weight excluding hydrogens is 276 g/mol. The average molecular weight is 296 g/mol. The predicted molar refractivity (Wildman–Crippen MR) is 77.0 cm³/mol. The minimum atomic E-state index is -3.44. The minimum Gasteiger partial charge on any atom is -0.336 e. The Morgan fingerprint density at radius 2 is 1.85 bits per heavy atom. The lowest BCUT2D eigenvalue weighted by molar-refractivity contribution is 0.0747. The molecule has 0 bridgehead atoms. The van der Waals surface area contributed by atoms with E-state index in [4.69, 9.17) is 0 Å². The van der Waals surface area contributed by atoms with Crippen LogP contribution in [0.3, 0.4) is 0 Å². The van der Waals surface area contributed by atoms with E-state index in [9.17, 15) is 13.2 Å². The number of benzene rings is 1. The summed E-state index contributed by atoms with van der Waals surface area (Å²) in [6, 6.07) is 6.41. The highest BCUT2D eigenvalue weighted by Gasteiger charge is 2.26. The topological polar surface area (TPSA) is 57.7 Å². The first-order valence-electron chi connectivity index (χ1n) is 6.67. The summed E-state index contributed by atoms with van der Waals surface area (Å²) in [5.74, 6) is -0.0243. The molecule has 0 N–H and O–H groups in total. The zero-order chi connectivity index (χ0) is 14.9. The molecule has 1 fully saturated rings. The molecule has 1 heterocycles. The lowest BCUT2D eigenvalue weighted by atomic mass is 10.2. The van der Waals surface area contributed by atoms with Crippen LogP contribution in [0.1, 0.15) is 30.1 Å². The van der Waals surface area contributed by atoms with Crippen LogP contribution in [0.25, 0.3) is 0 Å². The van der Waals surface area contributed by atoms with Gasteiger partial charge >= 0.3 is 0 Å². The molecule has 1 saturated heterocycles. The molecular formula is C14H20N2O3S. The summed E-state index contributed by atoms with van der Waals surface area (Å²) >= 11 is 0. The number of rotatable bonds is 3. The summed E-state index contributed by atoms with van der Waals surface area (Å²) in [5.41, 5.74) is 0.538. The normalized spacial score (nSPS) is 19.6. The van der Waals surface area contributed by atoms with Gasteiger partial charge in [-0.25, -0.2) is 12.7 Å². The van der Waals surface area contributed by atoms with Crippen molar-refractivity contribution in [1.29, 1.82) is 0 Å². The van der Waals surface area contributed by atoms with Gasteiger partial charge in [-0.1, -0.05) is 0 Å². The van der Waals surface area contributed by atoms with Crippen molar-refractivity contribution in [1.82, 2.24) is 9.21 Å². The summed E-state index contributed by atoms with van der Waals surface area (Å²) in [6.45, 7) is 2.81. The Hall–Kier alpha value is -1.40. The van der Waals surface area contributed by atoms with Crippen LogP contribution < -0.4 is 0 Å². The first-order chi connectivity index (χ1) is 9.34. The fourth-order valence-corrected chi connectivity index (χ4v) is 3.28. The molecule has 1 aromatic rings. The second kappa shape index (κ2) is 5.54. The highest BCUT2D eigenvalue weighted by molar-refractivity contribution is 7.89. The fraction of sp³-hybridized carbons (Fsp3) is 0.500. The van der Waals surface area contributed by atoms with Gasteiger partial charge in [0.25, 0.3) is 5.91 Å². The van der Waals surface area contributed by atoms with E-state index in [1.165, 1.54) is 26.2 Å². The molecule has 20 heavy (non-hydrogen) atoms. The first kappa shape index (κ1) is 15.0. The van der Waals surface area contributed by atoms with E-state index >= 15 is 0 Å². The van der Waals surface area contributed by atoms with Gasteiger partial charge in [0.1, 0.15) is 0 Å². The first-order valence-corrected chi connectivity index (χ1v) is 8.11. The van der Waals surface area contributed by atoms with Crippen molar-refractivity contribution in [2.24, 2.45) is 0 Å². The van der Waals surface area contributed by atoms with Crippen molar-refractivity contribution in [3.8, 4) is 0 Å². The van der Waals surface area contributed by atoms with Gasteiger partial charge in [-0.3, -0.25) is 4.79 Å². The maximum absolute atomic E-state index is 12.3. The van der Waals surface area contributed by atoms with Crippen molar-refractivity contribution >= 4 is 15.9 Å². The Morgan fingerprint density at radius 3 is 2.30 bits per heavy atom. The summed E-state index contributed by atoms with van der Waals surface area (Å²) < 4.78 is 25.1. The van der Waals surface area contributed by atoms with E-state index in [1.807, 2.05) is 11.8 Å². The Balaban J connectivity index is 2.23. The van der Waals surface area contributed by atoms with Gasteiger partial charge in [-0.05, 0) is 44.0 Å². The van der Waals surface area contributed by atoms with Crippen LogP contribution >= 0.6 is 0 Å². The van der Waals surface area contributed by atoms with E-state index < -0.39 is 10.0 Å². The van der Waals surface area contributed by atoms with Crippen molar-refractivity contribution in [2.45, 2.75) is 30.7 Å². The van der Waals surface area contributed by atoms with Crippen LogP contribution in [0, 0.1) is 0 Å². The summed E-state index contributed by atoms with van der Waals surface area (Å²) in [4.78, 5) is 14.4.